The summed E-state index contributed by atoms with van der Waals surface area (Å²) >= 11 is 0. The molecule has 0 atom stereocenters. The monoisotopic (exact) mass is 281 g/mol. The zero-order valence-electron chi connectivity index (χ0n) is 13.0. The van der Waals surface area contributed by atoms with Crippen molar-refractivity contribution >= 4 is 0 Å². The molecule has 0 aliphatic carbocycles. The third-order valence-corrected chi connectivity index (χ3v) is 2.87. The smallest absolute Gasteiger partial charge is 0.161 e. The minimum atomic E-state index is -0.701. The Morgan fingerprint density at radius 1 is 1.25 bits per heavy atom. The van der Waals surface area contributed by atoms with Crippen molar-refractivity contribution in [3.63, 3.8) is 0 Å². The Morgan fingerprint density at radius 3 is 2.60 bits per heavy atom. The number of methoxy groups -OCH3 is 1. The van der Waals surface area contributed by atoms with Crippen molar-refractivity contribution < 1.29 is 14.6 Å². The lowest BCUT2D eigenvalue weighted by Crippen LogP contribution is -2.34. The highest BCUT2D eigenvalue weighted by molar-refractivity contribution is 5.42. The van der Waals surface area contributed by atoms with Crippen molar-refractivity contribution in [2.24, 2.45) is 0 Å². The summed E-state index contributed by atoms with van der Waals surface area (Å²) in [5.41, 5.74) is 0.411. The van der Waals surface area contributed by atoms with Crippen LogP contribution in [-0.2, 0) is 6.54 Å². The lowest BCUT2D eigenvalue weighted by molar-refractivity contribution is 0.0795. The summed E-state index contributed by atoms with van der Waals surface area (Å²) in [5, 5.41) is 12.9. The van der Waals surface area contributed by atoms with E-state index in [2.05, 4.69) is 12.2 Å². The zero-order valence-corrected chi connectivity index (χ0v) is 13.0. The Labute approximate surface area is 122 Å². The fraction of sp³-hybridized carbons (Fsp3) is 0.625. The van der Waals surface area contributed by atoms with Crippen molar-refractivity contribution in [2.75, 3.05) is 20.3 Å². The van der Waals surface area contributed by atoms with Crippen LogP contribution in [0.3, 0.4) is 0 Å². The van der Waals surface area contributed by atoms with Gasteiger partial charge in [0.05, 0.1) is 19.3 Å². The van der Waals surface area contributed by atoms with E-state index in [9.17, 15) is 5.11 Å². The van der Waals surface area contributed by atoms with Gasteiger partial charge >= 0.3 is 0 Å². The van der Waals surface area contributed by atoms with Crippen molar-refractivity contribution in [2.45, 2.75) is 45.8 Å². The third-order valence-electron chi connectivity index (χ3n) is 2.87. The van der Waals surface area contributed by atoms with E-state index >= 15 is 0 Å². The lowest BCUT2D eigenvalue weighted by Gasteiger charge is -2.18. The average molecular weight is 281 g/mol. The molecule has 0 aliphatic rings. The Bertz CT molecular complexity index is 399. The quantitative estimate of drug-likeness (QED) is 0.683. The predicted octanol–water partition coefficient (Wildman–Crippen LogP) is 2.73. The summed E-state index contributed by atoms with van der Waals surface area (Å²) in [6.07, 6.45) is 2.14. The van der Waals surface area contributed by atoms with Crippen LogP contribution in [0.2, 0.25) is 0 Å². The first-order valence-corrected chi connectivity index (χ1v) is 7.19. The predicted molar refractivity (Wildman–Crippen MR) is 81.4 cm³/mol. The molecule has 0 saturated carbocycles. The summed E-state index contributed by atoms with van der Waals surface area (Å²) in [4.78, 5) is 0. The Balaban J connectivity index is 2.61. The molecule has 0 aliphatic heterocycles. The first-order valence-electron chi connectivity index (χ1n) is 7.19. The van der Waals surface area contributed by atoms with Crippen LogP contribution in [0.15, 0.2) is 18.2 Å². The summed E-state index contributed by atoms with van der Waals surface area (Å²) in [7, 11) is 1.65. The van der Waals surface area contributed by atoms with Crippen molar-refractivity contribution in [3.05, 3.63) is 23.8 Å². The van der Waals surface area contributed by atoms with E-state index in [0.717, 1.165) is 29.9 Å². The molecule has 0 saturated heterocycles. The van der Waals surface area contributed by atoms with Gasteiger partial charge in [-0.25, -0.2) is 0 Å². The molecule has 0 spiro atoms. The van der Waals surface area contributed by atoms with E-state index in [1.165, 1.54) is 0 Å². The van der Waals surface area contributed by atoms with Gasteiger partial charge in [-0.05, 0) is 38.0 Å². The van der Waals surface area contributed by atoms with Crippen LogP contribution in [0.4, 0.5) is 0 Å². The standard InChI is InChI=1S/C16H27NO3/c1-5-6-9-20-15-10-13(7-8-14(15)19-4)11-17-12-16(2,3)18/h7-8,10,17-18H,5-6,9,11-12H2,1-4H3. The molecule has 0 fully saturated rings. The van der Waals surface area contributed by atoms with Gasteiger partial charge in [0.1, 0.15) is 0 Å². The number of aliphatic hydroxyl groups is 1. The van der Waals surface area contributed by atoms with Crippen molar-refractivity contribution in [1.29, 1.82) is 0 Å². The molecule has 1 aromatic rings. The number of nitrogens with one attached hydrogen (secondary N) is 1. The summed E-state index contributed by atoms with van der Waals surface area (Å²) in [6.45, 7) is 7.65. The molecule has 1 rings (SSSR count). The van der Waals surface area contributed by atoms with Crippen LogP contribution in [0.1, 0.15) is 39.2 Å². The lowest BCUT2D eigenvalue weighted by atomic mass is 10.1. The van der Waals surface area contributed by atoms with Crippen LogP contribution >= 0.6 is 0 Å². The molecule has 0 bridgehead atoms. The molecule has 0 unspecified atom stereocenters. The van der Waals surface area contributed by atoms with Crippen molar-refractivity contribution in [1.82, 2.24) is 5.32 Å². The fourth-order valence-electron chi connectivity index (χ4n) is 1.78. The fourth-order valence-corrected chi connectivity index (χ4v) is 1.78. The average Bonchev–Trinajstić information content (AvgIpc) is 2.38. The van der Waals surface area contributed by atoms with E-state index in [4.69, 9.17) is 9.47 Å². The Morgan fingerprint density at radius 2 is 2.00 bits per heavy atom. The van der Waals surface area contributed by atoms with Gasteiger partial charge in [0.25, 0.3) is 0 Å². The normalized spacial score (nSPS) is 11.4. The number of ether oxygens (including phenoxy) is 2. The van der Waals surface area contributed by atoms with Gasteiger partial charge < -0.3 is 19.9 Å². The maximum Gasteiger partial charge on any atom is 0.161 e. The molecule has 114 valence electrons. The molecule has 1 aromatic carbocycles. The molecular formula is C16H27NO3. The highest BCUT2D eigenvalue weighted by Crippen LogP contribution is 2.28. The molecular weight excluding hydrogens is 254 g/mol. The van der Waals surface area contributed by atoms with Crippen molar-refractivity contribution in [3.8, 4) is 11.5 Å². The van der Waals surface area contributed by atoms with E-state index in [0.29, 0.717) is 19.7 Å². The largest absolute Gasteiger partial charge is 0.493 e. The van der Waals surface area contributed by atoms with Crippen LogP contribution in [0.5, 0.6) is 11.5 Å². The van der Waals surface area contributed by atoms with Gasteiger partial charge in [-0.15, -0.1) is 0 Å². The van der Waals surface area contributed by atoms with Crippen LogP contribution in [0, 0.1) is 0 Å². The van der Waals surface area contributed by atoms with Gasteiger partial charge in [0, 0.05) is 13.1 Å². The van der Waals surface area contributed by atoms with Gasteiger partial charge in [-0.3, -0.25) is 0 Å². The van der Waals surface area contributed by atoms with E-state index in [1.54, 1.807) is 21.0 Å². The molecule has 2 N–H and O–H groups in total. The molecule has 4 heteroatoms. The minimum Gasteiger partial charge on any atom is -0.493 e. The second-order valence-corrected chi connectivity index (χ2v) is 5.60. The number of rotatable bonds is 9. The summed E-state index contributed by atoms with van der Waals surface area (Å²) < 4.78 is 11.1. The van der Waals surface area contributed by atoms with E-state index < -0.39 is 5.60 Å². The van der Waals surface area contributed by atoms with Crippen LogP contribution < -0.4 is 14.8 Å². The summed E-state index contributed by atoms with van der Waals surface area (Å²) in [6, 6.07) is 5.91. The van der Waals surface area contributed by atoms with E-state index in [1.807, 2.05) is 18.2 Å². The zero-order chi connectivity index (χ0) is 15.0. The molecule has 0 amide bonds. The number of hydrogen-bond acceptors (Lipinski definition) is 4. The van der Waals surface area contributed by atoms with Gasteiger partial charge in [-0.2, -0.15) is 0 Å². The Kier molecular flexibility index (Phi) is 6.82. The second-order valence-electron chi connectivity index (χ2n) is 5.60. The Hall–Kier alpha value is -1.26. The number of benzene rings is 1. The second kappa shape index (κ2) is 8.12. The maximum atomic E-state index is 9.67. The highest BCUT2D eigenvalue weighted by Gasteiger charge is 2.11. The van der Waals surface area contributed by atoms with Crippen LogP contribution in [-0.4, -0.2) is 31.0 Å². The molecule has 20 heavy (non-hydrogen) atoms. The maximum absolute atomic E-state index is 9.67. The SMILES string of the molecule is CCCCOc1cc(CNCC(C)(C)O)ccc1OC. The third kappa shape index (κ3) is 6.26. The molecule has 0 aromatic heterocycles. The summed E-state index contributed by atoms with van der Waals surface area (Å²) in [5.74, 6) is 1.54. The first-order chi connectivity index (χ1) is 9.46. The van der Waals surface area contributed by atoms with Crippen LogP contribution in [0.25, 0.3) is 0 Å². The number of hydrogen-bond donors (Lipinski definition) is 2. The minimum absolute atomic E-state index is 0.547. The molecule has 4 nitrogen and oxygen atoms in total. The van der Waals surface area contributed by atoms with Gasteiger partial charge in [0.15, 0.2) is 11.5 Å². The molecule has 0 radical (unpaired) electrons. The van der Waals surface area contributed by atoms with Gasteiger partial charge in [0.2, 0.25) is 0 Å². The highest BCUT2D eigenvalue weighted by atomic mass is 16.5. The topological polar surface area (TPSA) is 50.7 Å². The van der Waals surface area contributed by atoms with E-state index in [-0.39, 0.29) is 0 Å². The first kappa shape index (κ1) is 16.8. The van der Waals surface area contributed by atoms with Gasteiger partial charge in [-0.1, -0.05) is 19.4 Å². The molecule has 0 heterocycles. The number of unbranched alkanes of at least 4 members (excludes halogenated alkanes) is 1.